The summed E-state index contributed by atoms with van der Waals surface area (Å²) in [5.74, 6) is 0.600. The van der Waals surface area contributed by atoms with Gasteiger partial charge in [0.15, 0.2) is 0 Å². The molecule has 76 valence electrons. The molecule has 0 radical (unpaired) electrons. The number of aryl methyl sites for hydroxylation is 1. The van der Waals surface area contributed by atoms with Crippen LogP contribution >= 0.6 is 0 Å². The van der Waals surface area contributed by atoms with Crippen molar-refractivity contribution in [2.75, 3.05) is 13.2 Å². The highest BCUT2D eigenvalue weighted by molar-refractivity contribution is 5.28. The van der Waals surface area contributed by atoms with Crippen molar-refractivity contribution in [2.45, 2.75) is 25.3 Å². The fourth-order valence-corrected chi connectivity index (χ4v) is 2.01. The summed E-state index contributed by atoms with van der Waals surface area (Å²) in [5, 5.41) is 12.2. The van der Waals surface area contributed by atoms with Crippen molar-refractivity contribution < 1.29 is 5.11 Å². The zero-order valence-electron chi connectivity index (χ0n) is 8.53. The third-order valence-corrected chi connectivity index (χ3v) is 3.03. The molecule has 2 N–H and O–H groups in total. The van der Waals surface area contributed by atoms with Crippen LogP contribution in [0.15, 0.2) is 24.3 Å². The molecular weight excluding hydrogens is 174 g/mol. The van der Waals surface area contributed by atoms with Crippen molar-refractivity contribution >= 4 is 0 Å². The smallest absolute Gasteiger partial charge is 0.0446 e. The monoisotopic (exact) mass is 191 g/mol. The van der Waals surface area contributed by atoms with Crippen molar-refractivity contribution in [3.8, 4) is 0 Å². The Hall–Kier alpha value is -0.860. The van der Waals surface area contributed by atoms with Crippen LogP contribution in [0.3, 0.4) is 0 Å². The van der Waals surface area contributed by atoms with Gasteiger partial charge in [-0.05, 0) is 18.9 Å². The van der Waals surface area contributed by atoms with Gasteiger partial charge < -0.3 is 10.4 Å². The molecule has 1 aliphatic heterocycles. The van der Waals surface area contributed by atoms with Gasteiger partial charge in [0.25, 0.3) is 0 Å². The van der Waals surface area contributed by atoms with Crippen LogP contribution in [0.4, 0.5) is 0 Å². The fraction of sp³-hybridized carbons (Fsp3) is 0.500. The minimum absolute atomic E-state index is 0.278. The fourth-order valence-electron chi connectivity index (χ4n) is 2.01. The number of benzene rings is 1. The number of rotatable bonds is 3. The average Bonchev–Trinajstić information content (AvgIpc) is 2.16. The largest absolute Gasteiger partial charge is 0.396 e. The van der Waals surface area contributed by atoms with Gasteiger partial charge in [0.1, 0.15) is 0 Å². The lowest BCUT2D eigenvalue weighted by atomic mass is 9.83. The number of aliphatic hydroxyl groups excluding tert-OH is 1. The van der Waals surface area contributed by atoms with Gasteiger partial charge in [0.2, 0.25) is 0 Å². The lowest BCUT2D eigenvalue weighted by molar-refractivity contribution is 0.215. The predicted molar refractivity (Wildman–Crippen MR) is 57.4 cm³/mol. The second-order valence-electron chi connectivity index (χ2n) is 4.04. The Morgan fingerprint density at radius 2 is 2.07 bits per heavy atom. The van der Waals surface area contributed by atoms with E-state index < -0.39 is 0 Å². The van der Waals surface area contributed by atoms with Crippen molar-refractivity contribution in [3.63, 3.8) is 0 Å². The van der Waals surface area contributed by atoms with E-state index in [9.17, 15) is 0 Å². The Balaban J connectivity index is 2.04. The molecule has 1 saturated heterocycles. The van der Waals surface area contributed by atoms with Gasteiger partial charge >= 0.3 is 0 Å². The van der Waals surface area contributed by atoms with Crippen molar-refractivity contribution in [2.24, 2.45) is 0 Å². The van der Waals surface area contributed by atoms with Crippen molar-refractivity contribution in [1.82, 2.24) is 5.32 Å². The first-order chi connectivity index (χ1) is 6.81. The highest BCUT2D eigenvalue weighted by atomic mass is 16.3. The number of hydrogen-bond donors (Lipinski definition) is 2. The molecule has 1 fully saturated rings. The van der Waals surface area contributed by atoms with Crippen LogP contribution in [0.5, 0.6) is 0 Å². The van der Waals surface area contributed by atoms with Gasteiger partial charge in [-0.1, -0.05) is 29.8 Å². The van der Waals surface area contributed by atoms with Crippen LogP contribution in [0.2, 0.25) is 0 Å². The Kier molecular flexibility index (Phi) is 2.85. The van der Waals surface area contributed by atoms with Crippen LogP contribution in [0.25, 0.3) is 0 Å². The van der Waals surface area contributed by atoms with E-state index in [1.54, 1.807) is 0 Å². The molecule has 0 spiro atoms. The minimum atomic E-state index is 0.278. The molecule has 0 saturated carbocycles. The lowest BCUT2D eigenvalue weighted by Gasteiger charge is -2.38. The highest BCUT2D eigenvalue weighted by Gasteiger charge is 2.30. The number of nitrogens with one attached hydrogen (secondary N) is 1. The summed E-state index contributed by atoms with van der Waals surface area (Å²) in [5.41, 5.74) is 2.70. The number of hydrogen-bond acceptors (Lipinski definition) is 2. The van der Waals surface area contributed by atoms with Gasteiger partial charge in [0.05, 0.1) is 0 Å². The topological polar surface area (TPSA) is 32.3 Å². The maximum absolute atomic E-state index is 8.87. The van der Waals surface area contributed by atoms with E-state index in [1.165, 1.54) is 11.1 Å². The van der Waals surface area contributed by atoms with Gasteiger partial charge in [-0.3, -0.25) is 0 Å². The maximum atomic E-state index is 8.87. The van der Waals surface area contributed by atoms with Crippen LogP contribution in [-0.2, 0) is 0 Å². The first-order valence-corrected chi connectivity index (χ1v) is 5.22. The van der Waals surface area contributed by atoms with E-state index in [4.69, 9.17) is 5.11 Å². The summed E-state index contributed by atoms with van der Waals surface area (Å²) in [4.78, 5) is 0. The molecule has 1 aromatic rings. The van der Waals surface area contributed by atoms with Crippen LogP contribution in [-0.4, -0.2) is 24.3 Å². The quantitative estimate of drug-likeness (QED) is 0.757. The van der Waals surface area contributed by atoms with Crippen LogP contribution < -0.4 is 5.32 Å². The standard InChI is InChI=1S/C12H17NO/c1-9-2-4-10(5-3-9)11-8-13-12(11)6-7-14/h2-5,11-14H,6-8H2,1H3. The van der Waals surface area contributed by atoms with Crippen molar-refractivity contribution in [1.29, 1.82) is 0 Å². The molecule has 0 bridgehead atoms. The summed E-state index contributed by atoms with van der Waals surface area (Å²) < 4.78 is 0. The van der Waals surface area contributed by atoms with E-state index in [2.05, 4.69) is 36.5 Å². The highest BCUT2D eigenvalue weighted by Crippen LogP contribution is 2.27. The summed E-state index contributed by atoms with van der Waals surface area (Å²) in [6.45, 7) is 3.43. The second kappa shape index (κ2) is 4.11. The predicted octanol–water partition coefficient (Wildman–Crippen LogP) is 1.43. The van der Waals surface area contributed by atoms with E-state index >= 15 is 0 Å². The zero-order valence-corrected chi connectivity index (χ0v) is 8.53. The molecule has 0 aromatic heterocycles. The summed E-state index contributed by atoms with van der Waals surface area (Å²) in [6, 6.07) is 9.19. The van der Waals surface area contributed by atoms with E-state index in [1.807, 2.05) is 0 Å². The molecule has 2 heteroatoms. The molecule has 2 unspecified atom stereocenters. The molecule has 2 atom stereocenters. The van der Waals surface area contributed by atoms with Gasteiger partial charge in [-0.15, -0.1) is 0 Å². The van der Waals surface area contributed by atoms with Gasteiger partial charge in [-0.25, -0.2) is 0 Å². The first-order valence-electron chi connectivity index (χ1n) is 5.22. The molecule has 1 heterocycles. The third kappa shape index (κ3) is 1.81. The minimum Gasteiger partial charge on any atom is -0.396 e. The zero-order chi connectivity index (χ0) is 9.97. The summed E-state index contributed by atoms with van der Waals surface area (Å²) >= 11 is 0. The van der Waals surface area contributed by atoms with E-state index in [0.29, 0.717) is 12.0 Å². The molecule has 2 nitrogen and oxygen atoms in total. The Morgan fingerprint density at radius 3 is 2.57 bits per heavy atom. The van der Waals surface area contributed by atoms with E-state index in [-0.39, 0.29) is 6.61 Å². The lowest BCUT2D eigenvalue weighted by Crippen LogP contribution is -2.51. The molecule has 2 rings (SSSR count). The Bertz CT molecular complexity index is 294. The van der Waals surface area contributed by atoms with Crippen LogP contribution in [0.1, 0.15) is 23.5 Å². The second-order valence-corrected chi connectivity index (χ2v) is 4.04. The molecule has 0 amide bonds. The molecular formula is C12H17NO. The maximum Gasteiger partial charge on any atom is 0.0446 e. The number of aliphatic hydroxyl groups is 1. The average molecular weight is 191 g/mol. The normalized spacial score (nSPS) is 25.9. The summed E-state index contributed by atoms with van der Waals surface area (Å²) in [6.07, 6.45) is 0.860. The SMILES string of the molecule is Cc1ccc(C2CNC2CCO)cc1. The molecule has 1 aromatic carbocycles. The third-order valence-electron chi connectivity index (χ3n) is 3.03. The summed E-state index contributed by atoms with van der Waals surface area (Å²) in [7, 11) is 0. The first kappa shape index (κ1) is 9.69. The van der Waals surface area contributed by atoms with E-state index in [0.717, 1.165) is 13.0 Å². The van der Waals surface area contributed by atoms with Gasteiger partial charge in [0, 0.05) is 25.1 Å². The molecule has 1 aliphatic rings. The van der Waals surface area contributed by atoms with Crippen LogP contribution in [0, 0.1) is 6.92 Å². The molecule has 0 aliphatic carbocycles. The Morgan fingerprint density at radius 1 is 1.36 bits per heavy atom. The Labute approximate surface area is 85.0 Å². The van der Waals surface area contributed by atoms with Gasteiger partial charge in [-0.2, -0.15) is 0 Å². The molecule has 14 heavy (non-hydrogen) atoms. The van der Waals surface area contributed by atoms with Crippen molar-refractivity contribution in [3.05, 3.63) is 35.4 Å².